The Kier molecular flexibility index (Phi) is 3.69. The van der Waals surface area contributed by atoms with Gasteiger partial charge in [0.25, 0.3) is 0 Å². The molecule has 0 aliphatic carbocycles. The molecule has 0 unspecified atom stereocenters. The number of aryl methyl sites for hydroxylation is 1. The lowest BCUT2D eigenvalue weighted by atomic mass is 9.98. The van der Waals surface area contributed by atoms with Gasteiger partial charge in [-0.25, -0.2) is 0 Å². The van der Waals surface area contributed by atoms with Crippen LogP contribution in [0.15, 0.2) is 24.3 Å². The quantitative estimate of drug-likeness (QED) is 0.796. The molecule has 0 saturated carbocycles. The fraction of sp³-hybridized carbons (Fsp3) is 0.417. The minimum Gasteiger partial charge on any atom is -0.481 e. The highest BCUT2D eigenvalue weighted by molar-refractivity contribution is 5.75. The molecule has 0 aliphatic heterocycles. The van der Waals surface area contributed by atoms with E-state index in [1.165, 1.54) is 5.56 Å². The summed E-state index contributed by atoms with van der Waals surface area (Å²) in [6, 6.07) is 7.83. The summed E-state index contributed by atoms with van der Waals surface area (Å²) in [5, 5.41) is 8.86. The zero-order valence-corrected chi connectivity index (χ0v) is 8.66. The van der Waals surface area contributed by atoms with Crippen molar-refractivity contribution in [2.45, 2.75) is 32.6 Å². The fourth-order valence-electron chi connectivity index (χ4n) is 1.45. The number of carboxylic acid groups (broad SMARTS) is 1. The summed E-state index contributed by atoms with van der Waals surface area (Å²) < 4.78 is 0. The van der Waals surface area contributed by atoms with Gasteiger partial charge in [0, 0.05) is 0 Å². The predicted octanol–water partition coefficient (Wildman–Crippen LogP) is 2.83. The van der Waals surface area contributed by atoms with Gasteiger partial charge in [-0.05, 0) is 24.5 Å². The van der Waals surface area contributed by atoms with Gasteiger partial charge in [-0.1, -0.05) is 37.6 Å². The molecule has 76 valence electrons. The van der Waals surface area contributed by atoms with Crippen LogP contribution in [-0.2, 0) is 11.2 Å². The van der Waals surface area contributed by atoms with Crippen molar-refractivity contribution in [1.82, 2.24) is 0 Å². The highest BCUT2D eigenvalue weighted by Crippen LogP contribution is 2.17. The minimum atomic E-state index is -0.765. The molecule has 1 atom stereocenters. The van der Waals surface area contributed by atoms with E-state index in [0.29, 0.717) is 0 Å². The van der Waals surface area contributed by atoms with E-state index < -0.39 is 11.9 Å². The van der Waals surface area contributed by atoms with E-state index in [9.17, 15) is 4.79 Å². The number of benzene rings is 1. The van der Waals surface area contributed by atoms with E-state index in [0.717, 1.165) is 18.4 Å². The Balaban J connectivity index is 2.87. The number of rotatable bonds is 4. The second kappa shape index (κ2) is 4.80. The van der Waals surface area contributed by atoms with Crippen LogP contribution < -0.4 is 0 Å². The lowest BCUT2D eigenvalue weighted by Crippen LogP contribution is -2.07. The van der Waals surface area contributed by atoms with Crippen LogP contribution in [0, 0.1) is 0 Å². The normalized spacial score (nSPS) is 12.4. The minimum absolute atomic E-state index is 0.410. The standard InChI is InChI=1S/C12H16O2/c1-3-5-10-6-4-7-11(8-10)9(2)12(13)14/h4,6-9H,3,5H2,1-2H3,(H,13,14)/t9-/m1/s1. The molecule has 2 heteroatoms. The summed E-state index contributed by atoms with van der Waals surface area (Å²) in [4.78, 5) is 10.8. The van der Waals surface area contributed by atoms with Crippen molar-refractivity contribution in [2.75, 3.05) is 0 Å². The summed E-state index contributed by atoms with van der Waals surface area (Å²) in [5.41, 5.74) is 2.11. The van der Waals surface area contributed by atoms with Gasteiger partial charge in [0.1, 0.15) is 0 Å². The zero-order chi connectivity index (χ0) is 10.6. The molecule has 1 aromatic rings. The Bertz CT molecular complexity index is 318. The predicted molar refractivity (Wildman–Crippen MR) is 56.5 cm³/mol. The molecule has 1 rings (SSSR count). The molecule has 0 fully saturated rings. The van der Waals surface area contributed by atoms with Gasteiger partial charge in [0.05, 0.1) is 5.92 Å². The maximum Gasteiger partial charge on any atom is 0.310 e. The van der Waals surface area contributed by atoms with E-state index in [4.69, 9.17) is 5.11 Å². The number of hydrogen-bond donors (Lipinski definition) is 1. The first-order valence-electron chi connectivity index (χ1n) is 4.96. The van der Waals surface area contributed by atoms with Crippen LogP contribution in [-0.4, -0.2) is 11.1 Å². The van der Waals surface area contributed by atoms with Crippen molar-refractivity contribution >= 4 is 5.97 Å². The SMILES string of the molecule is CCCc1cccc([C@@H](C)C(=O)O)c1. The van der Waals surface area contributed by atoms with Gasteiger partial charge in [-0.15, -0.1) is 0 Å². The maximum atomic E-state index is 10.8. The highest BCUT2D eigenvalue weighted by atomic mass is 16.4. The van der Waals surface area contributed by atoms with Crippen LogP contribution in [0.5, 0.6) is 0 Å². The van der Waals surface area contributed by atoms with Gasteiger partial charge in [-0.3, -0.25) is 4.79 Å². The van der Waals surface area contributed by atoms with Gasteiger partial charge in [-0.2, -0.15) is 0 Å². The Morgan fingerprint density at radius 3 is 2.79 bits per heavy atom. The topological polar surface area (TPSA) is 37.3 Å². The molecule has 0 heterocycles. The van der Waals surface area contributed by atoms with Gasteiger partial charge >= 0.3 is 5.97 Å². The summed E-state index contributed by atoms with van der Waals surface area (Å²) in [7, 11) is 0. The monoisotopic (exact) mass is 192 g/mol. The molecular weight excluding hydrogens is 176 g/mol. The molecule has 14 heavy (non-hydrogen) atoms. The number of hydrogen-bond acceptors (Lipinski definition) is 1. The van der Waals surface area contributed by atoms with Crippen LogP contribution in [0.4, 0.5) is 0 Å². The summed E-state index contributed by atoms with van der Waals surface area (Å²) >= 11 is 0. The van der Waals surface area contributed by atoms with Crippen molar-refractivity contribution < 1.29 is 9.90 Å². The first kappa shape index (κ1) is 10.8. The number of aliphatic carboxylic acids is 1. The van der Waals surface area contributed by atoms with E-state index in [2.05, 4.69) is 6.92 Å². The van der Waals surface area contributed by atoms with Crippen LogP contribution >= 0.6 is 0 Å². The Morgan fingerprint density at radius 1 is 1.50 bits per heavy atom. The van der Waals surface area contributed by atoms with Gasteiger partial charge in [0.2, 0.25) is 0 Å². The molecule has 0 amide bonds. The van der Waals surface area contributed by atoms with E-state index in [1.807, 2.05) is 24.3 Å². The van der Waals surface area contributed by atoms with Crippen molar-refractivity contribution in [3.05, 3.63) is 35.4 Å². The third-order valence-electron chi connectivity index (χ3n) is 2.36. The second-order valence-corrected chi connectivity index (χ2v) is 3.55. The van der Waals surface area contributed by atoms with E-state index >= 15 is 0 Å². The summed E-state index contributed by atoms with van der Waals surface area (Å²) in [6.45, 7) is 3.83. The smallest absolute Gasteiger partial charge is 0.310 e. The van der Waals surface area contributed by atoms with Crippen molar-refractivity contribution in [3.8, 4) is 0 Å². The number of carbonyl (C=O) groups is 1. The fourth-order valence-corrected chi connectivity index (χ4v) is 1.45. The largest absolute Gasteiger partial charge is 0.481 e. The third-order valence-corrected chi connectivity index (χ3v) is 2.36. The third kappa shape index (κ3) is 2.59. The molecule has 1 N–H and O–H groups in total. The van der Waals surface area contributed by atoms with E-state index in [-0.39, 0.29) is 0 Å². The van der Waals surface area contributed by atoms with Crippen molar-refractivity contribution in [1.29, 1.82) is 0 Å². The van der Waals surface area contributed by atoms with Crippen LogP contribution in [0.25, 0.3) is 0 Å². The maximum absolute atomic E-state index is 10.8. The van der Waals surface area contributed by atoms with Crippen LogP contribution in [0.2, 0.25) is 0 Å². The Hall–Kier alpha value is -1.31. The first-order valence-corrected chi connectivity index (χ1v) is 4.96. The summed E-state index contributed by atoms with van der Waals surface area (Å²) in [6.07, 6.45) is 2.10. The molecule has 0 radical (unpaired) electrons. The van der Waals surface area contributed by atoms with Gasteiger partial charge < -0.3 is 5.11 Å². The molecule has 0 aliphatic rings. The van der Waals surface area contributed by atoms with Gasteiger partial charge in [0.15, 0.2) is 0 Å². The second-order valence-electron chi connectivity index (χ2n) is 3.55. The van der Waals surface area contributed by atoms with E-state index in [1.54, 1.807) is 6.92 Å². The molecule has 1 aromatic carbocycles. The van der Waals surface area contributed by atoms with Crippen molar-refractivity contribution in [3.63, 3.8) is 0 Å². The average Bonchev–Trinajstić information content (AvgIpc) is 2.17. The molecular formula is C12H16O2. The summed E-state index contributed by atoms with van der Waals surface area (Å²) in [5.74, 6) is -1.18. The number of carboxylic acids is 1. The average molecular weight is 192 g/mol. The lowest BCUT2D eigenvalue weighted by molar-refractivity contribution is -0.138. The zero-order valence-electron chi connectivity index (χ0n) is 8.66. The molecule has 0 saturated heterocycles. The Labute approximate surface area is 84.6 Å². The van der Waals surface area contributed by atoms with Crippen LogP contribution in [0.1, 0.15) is 37.3 Å². The molecule has 0 spiro atoms. The molecule has 2 nitrogen and oxygen atoms in total. The molecule has 0 bridgehead atoms. The van der Waals surface area contributed by atoms with Crippen molar-refractivity contribution in [2.24, 2.45) is 0 Å². The lowest BCUT2D eigenvalue weighted by Gasteiger charge is -2.08. The Morgan fingerprint density at radius 2 is 2.21 bits per heavy atom. The highest BCUT2D eigenvalue weighted by Gasteiger charge is 2.13. The first-order chi connectivity index (χ1) is 6.65. The molecule has 0 aromatic heterocycles. The van der Waals surface area contributed by atoms with Crippen LogP contribution in [0.3, 0.4) is 0 Å².